The molecule has 0 heterocycles. The molecule has 2 aromatic carbocycles. The third-order valence-corrected chi connectivity index (χ3v) is 6.05. The maximum absolute atomic E-state index is 13.2. The van der Waals surface area contributed by atoms with Crippen LogP contribution in [0, 0.1) is 11.3 Å². The van der Waals surface area contributed by atoms with E-state index < -0.39 is 5.54 Å². The van der Waals surface area contributed by atoms with E-state index in [1.165, 1.54) is 11.1 Å². The average molecular weight is 377 g/mol. The highest BCUT2D eigenvalue weighted by Crippen LogP contribution is 2.32. The van der Waals surface area contributed by atoms with Crippen molar-refractivity contribution in [3.05, 3.63) is 71.8 Å². The molecule has 0 bridgehead atoms. The van der Waals surface area contributed by atoms with E-state index in [0.29, 0.717) is 0 Å². The van der Waals surface area contributed by atoms with Gasteiger partial charge in [0.25, 0.3) is 5.91 Å². The quantitative estimate of drug-likeness (QED) is 0.840. The van der Waals surface area contributed by atoms with Gasteiger partial charge in [0.15, 0.2) is 6.04 Å². The summed E-state index contributed by atoms with van der Waals surface area (Å²) >= 11 is 0. The Labute approximate surface area is 168 Å². The first kappa shape index (κ1) is 20.1. The fraction of sp³-hybridized carbons (Fsp3) is 0.417. The van der Waals surface area contributed by atoms with Crippen LogP contribution in [0.4, 0.5) is 0 Å². The Hall–Kier alpha value is -2.64. The monoisotopic (exact) mass is 376 g/mol. The second-order valence-corrected chi connectivity index (χ2v) is 7.88. The average Bonchev–Trinajstić information content (AvgIpc) is 2.77. The number of benzene rings is 2. The largest absolute Gasteiger partial charge is 0.326 e. The van der Waals surface area contributed by atoms with E-state index in [0.717, 1.165) is 32.1 Å². The lowest BCUT2D eigenvalue weighted by molar-refractivity contribution is -0.705. The molecule has 28 heavy (non-hydrogen) atoms. The molecule has 0 saturated heterocycles. The van der Waals surface area contributed by atoms with Crippen molar-refractivity contribution in [2.24, 2.45) is 0 Å². The summed E-state index contributed by atoms with van der Waals surface area (Å²) in [6.45, 7) is 1.95. The van der Waals surface area contributed by atoms with E-state index in [1.807, 2.05) is 43.3 Å². The van der Waals surface area contributed by atoms with Crippen molar-refractivity contribution in [1.82, 2.24) is 4.90 Å². The number of amides is 1. The molecule has 0 unspecified atom stereocenters. The molecule has 1 aliphatic rings. The van der Waals surface area contributed by atoms with Gasteiger partial charge in [0.2, 0.25) is 0 Å². The van der Waals surface area contributed by atoms with Crippen LogP contribution in [-0.2, 0) is 4.79 Å². The normalized spacial score (nSPS) is 16.9. The molecule has 1 fully saturated rings. The van der Waals surface area contributed by atoms with Crippen molar-refractivity contribution in [2.75, 3.05) is 7.05 Å². The zero-order valence-corrected chi connectivity index (χ0v) is 16.8. The summed E-state index contributed by atoms with van der Waals surface area (Å²) in [5.74, 6) is 0.0281. The minimum Gasteiger partial charge on any atom is -0.326 e. The fourth-order valence-corrected chi connectivity index (χ4v) is 4.28. The summed E-state index contributed by atoms with van der Waals surface area (Å²) < 4.78 is 0. The van der Waals surface area contributed by atoms with Crippen molar-refractivity contribution >= 4 is 5.91 Å². The number of hydrogen-bond donors (Lipinski definition) is 1. The molecular weight excluding hydrogens is 346 g/mol. The molecule has 4 heteroatoms. The molecule has 1 saturated carbocycles. The predicted octanol–water partition coefficient (Wildman–Crippen LogP) is 3.41. The Morgan fingerprint density at radius 1 is 1.00 bits per heavy atom. The number of carbonyl (C=O) groups is 1. The topological polar surface area (TPSA) is 60.7 Å². The molecule has 1 amide bonds. The lowest BCUT2D eigenvalue weighted by atomic mass is 9.81. The summed E-state index contributed by atoms with van der Waals surface area (Å²) in [4.78, 5) is 15.0. The minimum absolute atomic E-state index is 0.0281. The van der Waals surface area contributed by atoms with Gasteiger partial charge >= 0.3 is 0 Å². The van der Waals surface area contributed by atoms with Crippen molar-refractivity contribution in [2.45, 2.75) is 56.7 Å². The molecule has 0 aromatic heterocycles. The summed E-state index contributed by atoms with van der Waals surface area (Å²) in [5.41, 5.74) is 1.69. The van der Waals surface area contributed by atoms with E-state index in [1.54, 1.807) is 11.9 Å². The van der Waals surface area contributed by atoms with Gasteiger partial charge in [-0.3, -0.25) is 4.79 Å². The van der Waals surface area contributed by atoms with Crippen LogP contribution in [-0.4, -0.2) is 29.4 Å². The molecular formula is C24H30N3O+. The van der Waals surface area contributed by atoms with Gasteiger partial charge in [0.05, 0.1) is 6.07 Å². The Kier molecular flexibility index (Phi) is 6.49. The number of nitrogens with two attached hydrogens (primary N) is 1. The van der Waals surface area contributed by atoms with Gasteiger partial charge in [-0.25, -0.2) is 0 Å². The van der Waals surface area contributed by atoms with E-state index in [2.05, 4.69) is 35.7 Å². The minimum atomic E-state index is -0.646. The first-order chi connectivity index (χ1) is 13.6. The van der Waals surface area contributed by atoms with Crippen molar-refractivity contribution in [3.63, 3.8) is 0 Å². The first-order valence-electron chi connectivity index (χ1n) is 10.2. The van der Waals surface area contributed by atoms with Gasteiger partial charge in [-0.2, -0.15) is 5.26 Å². The molecule has 3 rings (SSSR count). The van der Waals surface area contributed by atoms with Crippen LogP contribution in [0.2, 0.25) is 0 Å². The Morgan fingerprint density at radius 3 is 1.96 bits per heavy atom. The maximum atomic E-state index is 13.2. The molecule has 1 aliphatic carbocycles. The number of rotatable bonds is 6. The zero-order valence-electron chi connectivity index (χ0n) is 16.8. The van der Waals surface area contributed by atoms with E-state index >= 15 is 0 Å². The number of nitrogens with zero attached hydrogens (tertiary/aromatic N) is 2. The van der Waals surface area contributed by atoms with Gasteiger partial charge in [0.1, 0.15) is 11.6 Å². The van der Waals surface area contributed by atoms with Crippen molar-refractivity contribution in [3.8, 4) is 6.07 Å². The van der Waals surface area contributed by atoms with Crippen LogP contribution in [0.1, 0.15) is 56.2 Å². The van der Waals surface area contributed by atoms with E-state index in [4.69, 9.17) is 0 Å². The highest BCUT2D eigenvalue weighted by molar-refractivity contribution is 5.81. The molecule has 2 aromatic rings. The third kappa shape index (κ3) is 4.26. The first-order valence-corrected chi connectivity index (χ1v) is 10.2. The smallest absolute Gasteiger partial charge is 0.281 e. The third-order valence-electron chi connectivity index (χ3n) is 6.05. The van der Waals surface area contributed by atoms with Gasteiger partial charge < -0.3 is 10.2 Å². The number of likely N-dealkylation sites (N-methyl/N-ethyl adjacent to an activating group) is 1. The van der Waals surface area contributed by atoms with Crippen molar-refractivity contribution < 1.29 is 10.1 Å². The molecule has 2 N–H and O–H groups in total. The number of nitriles is 1. The van der Waals surface area contributed by atoms with Crippen LogP contribution in [0.25, 0.3) is 0 Å². The Morgan fingerprint density at radius 2 is 1.50 bits per heavy atom. The lowest BCUT2D eigenvalue weighted by Gasteiger charge is -2.39. The summed E-state index contributed by atoms with van der Waals surface area (Å²) in [6, 6.07) is 22.8. The fourth-order valence-electron chi connectivity index (χ4n) is 4.28. The Bertz CT molecular complexity index is 767. The second-order valence-electron chi connectivity index (χ2n) is 7.88. The number of quaternary nitrogens is 1. The van der Waals surface area contributed by atoms with Crippen LogP contribution >= 0.6 is 0 Å². The predicted molar refractivity (Wildman–Crippen MR) is 110 cm³/mol. The van der Waals surface area contributed by atoms with E-state index in [-0.39, 0.29) is 18.0 Å². The Balaban J connectivity index is 1.81. The molecule has 146 valence electrons. The van der Waals surface area contributed by atoms with Gasteiger partial charge in [0, 0.05) is 18.2 Å². The summed E-state index contributed by atoms with van der Waals surface area (Å²) in [6.07, 6.45) is 4.73. The van der Waals surface area contributed by atoms with Gasteiger partial charge in [-0.05, 0) is 19.8 Å². The van der Waals surface area contributed by atoms with Gasteiger partial charge in [-0.15, -0.1) is 0 Å². The van der Waals surface area contributed by atoms with Crippen LogP contribution in [0.3, 0.4) is 0 Å². The van der Waals surface area contributed by atoms with Crippen molar-refractivity contribution in [1.29, 1.82) is 5.26 Å². The van der Waals surface area contributed by atoms with Crippen LogP contribution in [0.5, 0.6) is 0 Å². The maximum Gasteiger partial charge on any atom is 0.281 e. The number of hydrogen-bond acceptors (Lipinski definition) is 2. The molecule has 1 atom stereocenters. The molecule has 0 radical (unpaired) electrons. The zero-order chi connectivity index (χ0) is 20.0. The molecule has 0 spiro atoms. The SMILES string of the molecule is C[C@@H]([NH2+]C(c1ccccc1)c1ccccc1)C(=O)N(C)C1(C#N)CCCCC1. The number of carbonyl (C=O) groups excluding carboxylic acids is 1. The summed E-state index contributed by atoms with van der Waals surface area (Å²) in [5, 5.41) is 11.9. The highest BCUT2D eigenvalue weighted by atomic mass is 16.2. The second kappa shape index (κ2) is 9.03. The van der Waals surface area contributed by atoms with E-state index in [9.17, 15) is 10.1 Å². The van der Waals surface area contributed by atoms with Gasteiger partial charge in [-0.1, -0.05) is 79.9 Å². The lowest BCUT2D eigenvalue weighted by Crippen LogP contribution is -2.93. The molecule has 4 nitrogen and oxygen atoms in total. The van der Waals surface area contributed by atoms with Crippen LogP contribution < -0.4 is 5.32 Å². The summed E-state index contributed by atoms with van der Waals surface area (Å²) in [7, 11) is 1.81. The molecule has 0 aliphatic heterocycles. The highest BCUT2D eigenvalue weighted by Gasteiger charge is 2.41. The standard InChI is InChI=1S/C24H29N3O/c1-19(23(28)27(2)24(18-25)16-10-5-11-17-24)26-22(20-12-6-3-7-13-20)21-14-8-4-9-15-21/h3-4,6-9,12-15,19,22,26H,5,10-11,16-17H2,1-2H3/p+1/t19-/m1/s1. The van der Waals surface area contributed by atoms with Crippen LogP contribution in [0.15, 0.2) is 60.7 Å².